The predicted octanol–water partition coefficient (Wildman–Crippen LogP) is 2.69. The first-order chi connectivity index (χ1) is 13.5. The van der Waals surface area contributed by atoms with Crippen LogP contribution in [0.3, 0.4) is 0 Å². The van der Waals surface area contributed by atoms with Crippen molar-refractivity contribution in [3.05, 3.63) is 34.9 Å². The quantitative estimate of drug-likeness (QED) is 0.176. The van der Waals surface area contributed by atoms with E-state index in [2.05, 4.69) is 19.8 Å². The van der Waals surface area contributed by atoms with Crippen LogP contribution in [0.25, 0.3) is 6.08 Å². The molecule has 1 fully saturated rings. The first kappa shape index (κ1) is 21.1. The summed E-state index contributed by atoms with van der Waals surface area (Å²) in [7, 11) is 2.31. The second-order valence-corrected chi connectivity index (χ2v) is 5.89. The molecule has 2 rings (SSSR count). The first-order valence-electron chi connectivity index (χ1n) is 8.86. The van der Waals surface area contributed by atoms with Gasteiger partial charge in [-0.3, -0.25) is 5.01 Å². The third-order valence-electron chi connectivity index (χ3n) is 4.01. The van der Waals surface area contributed by atoms with Gasteiger partial charge in [-0.15, -0.1) is 5.11 Å². The molecule has 1 saturated heterocycles. The molecule has 28 heavy (non-hydrogen) atoms. The van der Waals surface area contributed by atoms with Crippen molar-refractivity contribution < 1.29 is 28.6 Å². The van der Waals surface area contributed by atoms with E-state index in [9.17, 15) is 14.4 Å². The molecule has 1 aliphatic rings. The Labute approximate surface area is 162 Å². The zero-order chi connectivity index (χ0) is 20.5. The van der Waals surface area contributed by atoms with Gasteiger partial charge in [0.05, 0.1) is 32.1 Å². The molecule has 9 heteroatoms. The average Bonchev–Trinajstić information content (AvgIpc) is 3.23. The van der Waals surface area contributed by atoms with E-state index in [1.165, 1.54) is 12.1 Å². The third-order valence-corrected chi connectivity index (χ3v) is 4.01. The summed E-state index contributed by atoms with van der Waals surface area (Å²) in [6, 6.07) is 4.59. The van der Waals surface area contributed by atoms with Gasteiger partial charge in [-0.25, -0.2) is 14.4 Å². The molecule has 0 aliphatic carbocycles. The minimum Gasteiger partial charge on any atom is -0.465 e. The number of rotatable bonds is 7. The molecule has 9 nitrogen and oxygen atoms in total. The standard InChI is InChI=1S/C19H23N3O6/c1-4-28-17(23)13-7-8-16(20-21-22-9-5-6-10-22)14(11-13)12-15(18(24)26-2)19(25)27-3/h7-8,11-12H,4-6,9-10H2,1-3H3. The predicted molar refractivity (Wildman–Crippen MR) is 99.7 cm³/mol. The number of hydrogen-bond donors (Lipinski definition) is 0. The highest BCUT2D eigenvalue weighted by Gasteiger charge is 2.21. The van der Waals surface area contributed by atoms with Crippen molar-refractivity contribution in [3.63, 3.8) is 0 Å². The normalized spacial score (nSPS) is 13.3. The fraction of sp³-hybridized carbons (Fsp3) is 0.421. The van der Waals surface area contributed by atoms with Crippen molar-refractivity contribution in [1.82, 2.24) is 5.01 Å². The van der Waals surface area contributed by atoms with Crippen LogP contribution in [0.5, 0.6) is 0 Å². The van der Waals surface area contributed by atoms with Gasteiger partial charge in [-0.05, 0) is 44.0 Å². The van der Waals surface area contributed by atoms with Crippen LogP contribution < -0.4 is 0 Å². The maximum atomic E-state index is 12.1. The lowest BCUT2D eigenvalue weighted by Gasteiger charge is -2.10. The molecular formula is C19H23N3O6. The molecule has 0 bridgehead atoms. The van der Waals surface area contributed by atoms with Gasteiger partial charge in [0.1, 0.15) is 5.57 Å². The number of esters is 3. The van der Waals surface area contributed by atoms with Crippen LogP contribution in [0.2, 0.25) is 0 Å². The Bertz CT molecular complexity index is 779. The summed E-state index contributed by atoms with van der Waals surface area (Å²) < 4.78 is 14.3. The Morgan fingerprint density at radius 1 is 1.11 bits per heavy atom. The molecule has 0 saturated carbocycles. The molecule has 1 heterocycles. The third kappa shape index (κ3) is 5.38. The van der Waals surface area contributed by atoms with Gasteiger partial charge in [-0.2, -0.15) is 0 Å². The van der Waals surface area contributed by atoms with E-state index in [-0.39, 0.29) is 17.7 Å². The molecule has 0 aromatic heterocycles. The number of ether oxygens (including phenoxy) is 3. The van der Waals surface area contributed by atoms with Gasteiger partial charge in [0.2, 0.25) is 0 Å². The Morgan fingerprint density at radius 3 is 2.32 bits per heavy atom. The van der Waals surface area contributed by atoms with Crippen molar-refractivity contribution in [2.24, 2.45) is 10.3 Å². The van der Waals surface area contributed by atoms with E-state index in [4.69, 9.17) is 4.74 Å². The lowest BCUT2D eigenvalue weighted by molar-refractivity contribution is -0.143. The van der Waals surface area contributed by atoms with Gasteiger partial charge in [-0.1, -0.05) is 5.22 Å². The number of hydrogen-bond acceptors (Lipinski definition) is 8. The largest absolute Gasteiger partial charge is 0.465 e. The van der Waals surface area contributed by atoms with Gasteiger partial charge in [0, 0.05) is 18.7 Å². The van der Waals surface area contributed by atoms with Gasteiger partial charge < -0.3 is 14.2 Å². The van der Waals surface area contributed by atoms with Gasteiger partial charge >= 0.3 is 17.9 Å². The average molecular weight is 389 g/mol. The zero-order valence-corrected chi connectivity index (χ0v) is 16.1. The highest BCUT2D eigenvalue weighted by molar-refractivity contribution is 6.18. The molecule has 1 aromatic carbocycles. The van der Waals surface area contributed by atoms with Crippen LogP contribution in [-0.4, -0.2) is 56.8 Å². The molecule has 0 spiro atoms. The monoisotopic (exact) mass is 389 g/mol. The van der Waals surface area contributed by atoms with Crippen LogP contribution in [0.4, 0.5) is 5.69 Å². The van der Waals surface area contributed by atoms with Crippen molar-refractivity contribution in [2.75, 3.05) is 33.9 Å². The van der Waals surface area contributed by atoms with E-state index < -0.39 is 17.9 Å². The zero-order valence-electron chi connectivity index (χ0n) is 16.1. The SMILES string of the molecule is CCOC(=O)c1ccc(N=NN2CCCC2)c(C=C(C(=O)OC)C(=O)OC)c1. The summed E-state index contributed by atoms with van der Waals surface area (Å²) in [5, 5.41) is 10.2. The van der Waals surface area contributed by atoms with E-state index >= 15 is 0 Å². The molecule has 0 atom stereocenters. The van der Waals surface area contributed by atoms with E-state index in [0.717, 1.165) is 40.2 Å². The molecular weight excluding hydrogens is 366 g/mol. The van der Waals surface area contributed by atoms with E-state index in [1.807, 2.05) is 5.01 Å². The van der Waals surface area contributed by atoms with E-state index in [1.54, 1.807) is 19.1 Å². The fourth-order valence-electron chi connectivity index (χ4n) is 2.58. The second-order valence-electron chi connectivity index (χ2n) is 5.89. The van der Waals surface area contributed by atoms with Crippen molar-refractivity contribution in [3.8, 4) is 0 Å². The lowest BCUT2D eigenvalue weighted by Crippen LogP contribution is -2.15. The summed E-state index contributed by atoms with van der Waals surface area (Å²) in [6.45, 7) is 3.54. The molecule has 0 radical (unpaired) electrons. The van der Waals surface area contributed by atoms with Crippen molar-refractivity contribution in [1.29, 1.82) is 0 Å². The maximum Gasteiger partial charge on any atom is 0.345 e. The number of carbonyl (C=O) groups excluding carboxylic acids is 3. The molecule has 150 valence electrons. The summed E-state index contributed by atoms with van der Waals surface area (Å²) in [5.74, 6) is -2.26. The van der Waals surface area contributed by atoms with E-state index in [0.29, 0.717) is 11.3 Å². The number of nitrogens with zero attached hydrogens (tertiary/aromatic N) is 3. The molecule has 0 amide bonds. The second kappa shape index (κ2) is 10.2. The highest BCUT2D eigenvalue weighted by Crippen LogP contribution is 2.26. The Morgan fingerprint density at radius 2 is 1.75 bits per heavy atom. The van der Waals surface area contributed by atoms with Crippen LogP contribution >= 0.6 is 0 Å². The first-order valence-corrected chi connectivity index (χ1v) is 8.86. The fourth-order valence-corrected chi connectivity index (χ4v) is 2.58. The maximum absolute atomic E-state index is 12.1. The number of carbonyl (C=O) groups is 3. The topological polar surface area (TPSA) is 107 Å². The van der Waals surface area contributed by atoms with Gasteiger partial charge in [0.25, 0.3) is 0 Å². The highest BCUT2D eigenvalue weighted by atomic mass is 16.5. The van der Waals surface area contributed by atoms with Crippen LogP contribution in [0.15, 0.2) is 34.1 Å². The minimum atomic E-state index is -0.865. The van der Waals surface area contributed by atoms with Crippen molar-refractivity contribution >= 4 is 29.7 Å². The Kier molecular flexibility index (Phi) is 7.67. The summed E-state index contributed by atoms with van der Waals surface area (Å²) in [5.41, 5.74) is 0.635. The molecule has 1 aliphatic heterocycles. The molecule has 0 N–H and O–H groups in total. The number of benzene rings is 1. The van der Waals surface area contributed by atoms with Gasteiger partial charge in [0.15, 0.2) is 0 Å². The minimum absolute atomic E-state index is 0.218. The summed E-state index contributed by atoms with van der Waals surface area (Å²) >= 11 is 0. The molecule has 1 aromatic rings. The van der Waals surface area contributed by atoms with Crippen LogP contribution in [-0.2, 0) is 23.8 Å². The summed E-state index contributed by atoms with van der Waals surface area (Å²) in [4.78, 5) is 36.0. The Hall–Kier alpha value is -3.23. The number of methoxy groups -OCH3 is 2. The van der Waals surface area contributed by atoms with Crippen molar-refractivity contribution in [2.45, 2.75) is 19.8 Å². The van der Waals surface area contributed by atoms with Crippen LogP contribution in [0.1, 0.15) is 35.7 Å². The smallest absolute Gasteiger partial charge is 0.345 e. The lowest BCUT2D eigenvalue weighted by atomic mass is 10.1. The van der Waals surface area contributed by atoms with Crippen LogP contribution in [0, 0.1) is 0 Å². The molecule has 0 unspecified atom stereocenters. The Balaban J connectivity index is 2.49. The summed E-state index contributed by atoms with van der Waals surface area (Å²) in [6.07, 6.45) is 3.35.